The van der Waals surface area contributed by atoms with Crippen LogP contribution in [-0.2, 0) is 4.74 Å². The Balaban J connectivity index is 1.02. The van der Waals surface area contributed by atoms with Crippen molar-refractivity contribution in [2.75, 3.05) is 12.4 Å². The Kier molecular flexibility index (Phi) is 4.44. The van der Waals surface area contributed by atoms with Crippen LogP contribution in [0.25, 0.3) is 0 Å². The first-order valence-electron chi connectivity index (χ1n) is 10.2. The maximum Gasteiger partial charge on any atom is 0.0608 e. The van der Waals surface area contributed by atoms with Crippen LogP contribution in [0.2, 0.25) is 0 Å². The summed E-state index contributed by atoms with van der Waals surface area (Å²) in [5.41, 5.74) is 0. The molecule has 0 N–H and O–H groups in total. The van der Waals surface area contributed by atoms with Gasteiger partial charge in [0.2, 0.25) is 0 Å². The highest BCUT2D eigenvalue weighted by Crippen LogP contribution is 2.60. The second kappa shape index (κ2) is 6.43. The number of thioether (sulfide) groups is 1. The average Bonchev–Trinajstić information content (AvgIpc) is 3.30. The molecular weight excluding hydrogens is 320 g/mol. The van der Waals surface area contributed by atoms with E-state index in [0.717, 1.165) is 47.4 Å². The van der Waals surface area contributed by atoms with Crippen LogP contribution in [0.1, 0.15) is 57.8 Å². The Hall–Kier alpha value is 0.660. The molecule has 0 saturated heterocycles. The lowest BCUT2D eigenvalue weighted by Gasteiger charge is -2.31. The third-order valence-electron chi connectivity index (χ3n) is 8.01. The van der Waals surface area contributed by atoms with Gasteiger partial charge in [0, 0.05) is 17.1 Å². The van der Waals surface area contributed by atoms with Crippen LogP contribution in [0.4, 0.5) is 0 Å². The van der Waals surface area contributed by atoms with Crippen molar-refractivity contribution in [1.82, 2.24) is 0 Å². The Morgan fingerprint density at radius 1 is 0.870 bits per heavy atom. The van der Waals surface area contributed by atoms with E-state index >= 15 is 0 Å². The molecule has 0 aliphatic heterocycles. The van der Waals surface area contributed by atoms with Gasteiger partial charge in [-0.05, 0) is 92.6 Å². The summed E-state index contributed by atoms with van der Waals surface area (Å²) in [6, 6.07) is 0. The summed E-state index contributed by atoms with van der Waals surface area (Å²) < 4.78 is 6.37. The molecule has 0 radical (unpaired) electrons. The highest BCUT2D eigenvalue weighted by Gasteiger charge is 2.55. The number of fused-ring (bicyclic) bond motifs is 7. The standard InChI is InChI=1S/C20H32OS2/c22-15-10-16-14-8-18(17(16)11-15)19(9-14)21-4-1-5-23-20-7-12-2-3-13(20)6-12/h12-20,22H,1-11H2. The second-order valence-electron chi connectivity index (χ2n) is 9.20. The Morgan fingerprint density at radius 3 is 2.61 bits per heavy atom. The molecule has 5 aliphatic rings. The molecule has 5 saturated carbocycles. The molecule has 3 heteroatoms. The fraction of sp³-hybridized carbons (Fsp3) is 1.00. The van der Waals surface area contributed by atoms with Crippen LogP contribution in [0.3, 0.4) is 0 Å². The lowest BCUT2D eigenvalue weighted by Crippen LogP contribution is -2.30. The third-order valence-corrected chi connectivity index (χ3v) is 9.96. The number of ether oxygens (including phenoxy) is 1. The van der Waals surface area contributed by atoms with E-state index in [9.17, 15) is 0 Å². The second-order valence-corrected chi connectivity index (χ2v) is 11.3. The molecule has 0 aromatic carbocycles. The summed E-state index contributed by atoms with van der Waals surface area (Å²) in [5, 5.41) is 1.69. The van der Waals surface area contributed by atoms with Gasteiger partial charge in [0.25, 0.3) is 0 Å². The summed E-state index contributed by atoms with van der Waals surface area (Å²) in [6.45, 7) is 1.02. The predicted molar refractivity (Wildman–Crippen MR) is 101 cm³/mol. The third kappa shape index (κ3) is 2.91. The minimum atomic E-state index is 0.604. The maximum atomic E-state index is 6.37. The molecule has 4 bridgehead atoms. The topological polar surface area (TPSA) is 9.23 Å². The SMILES string of the molecule is SC1CC2C3CC(OCCCSC4CC5CCC4C5)C(C3)C2C1. The van der Waals surface area contributed by atoms with Gasteiger partial charge in [0.1, 0.15) is 0 Å². The zero-order valence-corrected chi connectivity index (χ0v) is 15.9. The molecule has 0 aromatic heterocycles. The normalized spacial score (nSPS) is 53.3. The molecule has 23 heavy (non-hydrogen) atoms. The highest BCUT2D eigenvalue weighted by molar-refractivity contribution is 7.99. The van der Waals surface area contributed by atoms with Crippen molar-refractivity contribution >= 4 is 24.4 Å². The van der Waals surface area contributed by atoms with E-state index in [1.54, 1.807) is 6.42 Å². The van der Waals surface area contributed by atoms with Crippen LogP contribution >= 0.6 is 24.4 Å². The molecule has 5 aliphatic carbocycles. The van der Waals surface area contributed by atoms with Gasteiger partial charge in [-0.15, -0.1) is 0 Å². The van der Waals surface area contributed by atoms with Crippen molar-refractivity contribution in [3.8, 4) is 0 Å². The van der Waals surface area contributed by atoms with Gasteiger partial charge < -0.3 is 4.74 Å². The smallest absolute Gasteiger partial charge is 0.0608 e. The average molecular weight is 353 g/mol. The molecule has 0 heterocycles. The largest absolute Gasteiger partial charge is 0.378 e. The molecule has 9 atom stereocenters. The van der Waals surface area contributed by atoms with Crippen LogP contribution in [-0.4, -0.2) is 29.0 Å². The van der Waals surface area contributed by atoms with E-state index < -0.39 is 0 Å². The Labute approximate surface area is 151 Å². The van der Waals surface area contributed by atoms with Crippen molar-refractivity contribution in [2.24, 2.45) is 35.5 Å². The lowest BCUT2D eigenvalue weighted by molar-refractivity contribution is -0.00953. The summed E-state index contributed by atoms with van der Waals surface area (Å²) in [6.07, 6.45) is 13.6. The van der Waals surface area contributed by atoms with Gasteiger partial charge in [0.15, 0.2) is 0 Å². The lowest BCUT2D eigenvalue weighted by atomic mass is 9.80. The van der Waals surface area contributed by atoms with Gasteiger partial charge >= 0.3 is 0 Å². The molecule has 0 amide bonds. The molecular formula is C20H32OS2. The van der Waals surface area contributed by atoms with Gasteiger partial charge in [-0.25, -0.2) is 0 Å². The molecule has 130 valence electrons. The van der Waals surface area contributed by atoms with Crippen molar-refractivity contribution in [3.63, 3.8) is 0 Å². The molecule has 0 aromatic rings. The summed E-state index contributed by atoms with van der Waals surface area (Å²) >= 11 is 7.02. The van der Waals surface area contributed by atoms with E-state index in [-0.39, 0.29) is 0 Å². The zero-order chi connectivity index (χ0) is 15.4. The minimum absolute atomic E-state index is 0.604. The van der Waals surface area contributed by atoms with Crippen molar-refractivity contribution < 1.29 is 4.74 Å². The van der Waals surface area contributed by atoms with Crippen molar-refractivity contribution in [1.29, 1.82) is 0 Å². The van der Waals surface area contributed by atoms with Gasteiger partial charge in [-0.3, -0.25) is 0 Å². The van der Waals surface area contributed by atoms with Crippen LogP contribution in [0.5, 0.6) is 0 Å². The molecule has 0 spiro atoms. The minimum Gasteiger partial charge on any atom is -0.378 e. The number of hydrogen-bond donors (Lipinski definition) is 1. The van der Waals surface area contributed by atoms with Gasteiger partial charge in [-0.1, -0.05) is 6.42 Å². The van der Waals surface area contributed by atoms with Crippen LogP contribution < -0.4 is 0 Å². The Morgan fingerprint density at radius 2 is 1.78 bits per heavy atom. The molecule has 5 fully saturated rings. The summed E-state index contributed by atoms with van der Waals surface area (Å²) in [5.74, 6) is 7.35. The van der Waals surface area contributed by atoms with E-state index in [0.29, 0.717) is 11.4 Å². The number of rotatable bonds is 6. The van der Waals surface area contributed by atoms with Gasteiger partial charge in [0.05, 0.1) is 6.10 Å². The fourth-order valence-corrected chi connectivity index (χ4v) is 9.09. The molecule has 5 rings (SSSR count). The molecule has 9 unspecified atom stereocenters. The number of hydrogen-bond acceptors (Lipinski definition) is 3. The van der Waals surface area contributed by atoms with E-state index in [1.165, 1.54) is 57.1 Å². The van der Waals surface area contributed by atoms with Crippen molar-refractivity contribution in [3.05, 3.63) is 0 Å². The van der Waals surface area contributed by atoms with Crippen LogP contribution in [0.15, 0.2) is 0 Å². The first kappa shape index (κ1) is 15.9. The zero-order valence-electron chi connectivity index (χ0n) is 14.2. The Bertz CT molecular complexity index is 441. The first-order chi connectivity index (χ1) is 11.3. The maximum absolute atomic E-state index is 6.37. The predicted octanol–water partition coefficient (Wildman–Crippen LogP) is 5.05. The van der Waals surface area contributed by atoms with Crippen LogP contribution in [0, 0.1) is 35.5 Å². The van der Waals surface area contributed by atoms with E-state index in [1.807, 2.05) is 0 Å². The molecule has 1 nitrogen and oxygen atoms in total. The fourth-order valence-electron chi connectivity index (χ4n) is 7.09. The van der Waals surface area contributed by atoms with Crippen molar-refractivity contribution in [2.45, 2.75) is 74.4 Å². The van der Waals surface area contributed by atoms with E-state index in [2.05, 4.69) is 11.8 Å². The first-order valence-corrected chi connectivity index (χ1v) is 11.8. The summed E-state index contributed by atoms with van der Waals surface area (Å²) in [4.78, 5) is 0. The highest BCUT2D eigenvalue weighted by atomic mass is 32.2. The summed E-state index contributed by atoms with van der Waals surface area (Å²) in [7, 11) is 0. The number of thiol groups is 1. The van der Waals surface area contributed by atoms with E-state index in [4.69, 9.17) is 17.4 Å². The monoisotopic (exact) mass is 352 g/mol. The quantitative estimate of drug-likeness (QED) is 0.529. The van der Waals surface area contributed by atoms with Gasteiger partial charge in [-0.2, -0.15) is 24.4 Å².